The summed E-state index contributed by atoms with van der Waals surface area (Å²) in [6.45, 7) is 1.56. The van der Waals surface area contributed by atoms with Crippen molar-refractivity contribution in [3.05, 3.63) is 33.6 Å². The monoisotopic (exact) mass is 332 g/mol. The van der Waals surface area contributed by atoms with Gasteiger partial charge in [-0.1, -0.05) is 17.7 Å². The average Bonchev–Trinajstić information content (AvgIpc) is 2.42. The normalized spacial score (nSPS) is 11.6. The van der Waals surface area contributed by atoms with Gasteiger partial charge in [0.15, 0.2) is 0 Å². The molecule has 0 fully saturated rings. The molecule has 0 aliphatic heterocycles. The van der Waals surface area contributed by atoms with Crippen LogP contribution in [0.2, 0.25) is 5.02 Å². The Hall–Kier alpha value is -1.76. The van der Waals surface area contributed by atoms with Gasteiger partial charge in [0.25, 0.3) is 0 Å². The minimum atomic E-state index is -0.651. The molecular formula is C13H14Cl2N2O4. The summed E-state index contributed by atoms with van der Waals surface area (Å²) in [5.74, 6) is -0.398. The van der Waals surface area contributed by atoms with E-state index in [0.717, 1.165) is 0 Å². The molecule has 0 saturated carbocycles. The van der Waals surface area contributed by atoms with E-state index in [1.165, 1.54) is 13.2 Å². The van der Waals surface area contributed by atoms with Crippen LogP contribution < -0.4 is 21.4 Å². The van der Waals surface area contributed by atoms with Crippen LogP contribution >= 0.6 is 24.0 Å². The highest BCUT2D eigenvalue weighted by Crippen LogP contribution is 2.31. The van der Waals surface area contributed by atoms with Crippen LogP contribution in [0.25, 0.3) is 10.8 Å². The van der Waals surface area contributed by atoms with E-state index in [-0.39, 0.29) is 34.7 Å². The maximum Gasteiger partial charge on any atom is 0.346 e. The summed E-state index contributed by atoms with van der Waals surface area (Å²) >= 11 is 6.06. The number of ether oxygens (including phenoxy) is 1. The number of nitrogens with one attached hydrogen (secondary N) is 1. The van der Waals surface area contributed by atoms with Crippen LogP contribution in [0.5, 0.6) is 5.95 Å². The molecule has 21 heavy (non-hydrogen) atoms. The fourth-order valence-corrected chi connectivity index (χ4v) is 1.94. The Bertz CT molecular complexity index is 728. The second-order valence-corrected chi connectivity index (χ2v) is 4.61. The summed E-state index contributed by atoms with van der Waals surface area (Å²) in [5, 5.41) is 3.52. The van der Waals surface area contributed by atoms with Crippen molar-refractivity contribution < 1.29 is 13.9 Å². The number of halogens is 2. The van der Waals surface area contributed by atoms with Crippen LogP contribution in [0.4, 0.5) is 5.69 Å². The summed E-state index contributed by atoms with van der Waals surface area (Å²) in [7, 11) is 1.35. The standard InChI is InChI=1S/C13H13ClN2O4.ClH/c1-6(15)11(17)16-7-3-4-8-9(5-7)12(18)20-13(19-2)10(8)14;/h3-6H,15H2,1-2H3,(H,16,17);1H/t6-;/m0./s1. The van der Waals surface area contributed by atoms with E-state index in [1.807, 2.05) is 0 Å². The highest BCUT2D eigenvalue weighted by atomic mass is 35.5. The summed E-state index contributed by atoms with van der Waals surface area (Å²) < 4.78 is 9.81. The van der Waals surface area contributed by atoms with Crippen LogP contribution in [0.15, 0.2) is 27.4 Å². The fraction of sp³-hybridized carbons (Fsp3) is 0.231. The van der Waals surface area contributed by atoms with Crippen molar-refractivity contribution in [3.8, 4) is 5.95 Å². The van der Waals surface area contributed by atoms with E-state index in [1.54, 1.807) is 19.1 Å². The van der Waals surface area contributed by atoms with Crippen molar-refractivity contribution in [2.24, 2.45) is 5.73 Å². The van der Waals surface area contributed by atoms with E-state index >= 15 is 0 Å². The minimum absolute atomic E-state index is 0. The first-order chi connectivity index (χ1) is 9.43. The lowest BCUT2D eigenvalue weighted by atomic mass is 10.1. The number of methoxy groups -OCH3 is 1. The van der Waals surface area contributed by atoms with E-state index in [2.05, 4.69) is 5.32 Å². The number of rotatable bonds is 3. The Labute approximate surface area is 131 Å². The Kier molecular flexibility index (Phi) is 5.60. The highest BCUT2D eigenvalue weighted by Gasteiger charge is 2.14. The molecule has 0 unspecified atom stereocenters. The predicted octanol–water partition coefficient (Wildman–Crippen LogP) is 2.16. The van der Waals surface area contributed by atoms with Gasteiger partial charge in [0.1, 0.15) is 5.02 Å². The molecule has 0 saturated heterocycles. The zero-order valence-electron chi connectivity index (χ0n) is 11.3. The van der Waals surface area contributed by atoms with E-state index in [0.29, 0.717) is 11.1 Å². The number of hydrogen-bond donors (Lipinski definition) is 2. The lowest BCUT2D eigenvalue weighted by Gasteiger charge is -2.09. The molecule has 3 N–H and O–H groups in total. The molecule has 6 nitrogen and oxygen atoms in total. The molecule has 114 valence electrons. The molecule has 1 aromatic carbocycles. The first-order valence-corrected chi connectivity index (χ1v) is 6.18. The van der Waals surface area contributed by atoms with Gasteiger partial charge in [-0.15, -0.1) is 12.4 Å². The van der Waals surface area contributed by atoms with Crippen molar-refractivity contribution in [3.63, 3.8) is 0 Å². The zero-order chi connectivity index (χ0) is 14.9. The molecule has 1 amide bonds. The maximum atomic E-state index is 11.8. The van der Waals surface area contributed by atoms with Crippen molar-refractivity contribution in [1.82, 2.24) is 0 Å². The average molecular weight is 333 g/mol. The number of amides is 1. The van der Waals surface area contributed by atoms with Gasteiger partial charge < -0.3 is 20.2 Å². The lowest BCUT2D eigenvalue weighted by molar-refractivity contribution is -0.117. The van der Waals surface area contributed by atoms with Gasteiger partial charge in [-0.3, -0.25) is 4.79 Å². The van der Waals surface area contributed by atoms with Gasteiger partial charge in [0.05, 0.1) is 18.5 Å². The van der Waals surface area contributed by atoms with Gasteiger partial charge >= 0.3 is 11.6 Å². The first-order valence-electron chi connectivity index (χ1n) is 5.81. The van der Waals surface area contributed by atoms with Crippen LogP contribution in [-0.2, 0) is 4.79 Å². The van der Waals surface area contributed by atoms with E-state index in [4.69, 9.17) is 26.5 Å². The summed E-state index contributed by atoms with van der Waals surface area (Å²) in [4.78, 5) is 23.4. The first kappa shape index (κ1) is 17.3. The van der Waals surface area contributed by atoms with Crippen molar-refractivity contribution >= 4 is 46.4 Å². The lowest BCUT2D eigenvalue weighted by Crippen LogP contribution is -2.32. The van der Waals surface area contributed by atoms with Crippen LogP contribution in [-0.4, -0.2) is 19.1 Å². The van der Waals surface area contributed by atoms with Crippen molar-refractivity contribution in [1.29, 1.82) is 0 Å². The Morgan fingerprint density at radius 1 is 1.43 bits per heavy atom. The topological polar surface area (TPSA) is 94.6 Å². The molecule has 1 atom stereocenters. The molecule has 1 heterocycles. The van der Waals surface area contributed by atoms with Crippen LogP contribution in [0.3, 0.4) is 0 Å². The molecule has 2 aromatic rings. The summed E-state index contributed by atoms with van der Waals surface area (Å²) in [5.41, 5.74) is 5.30. The number of anilines is 1. The third kappa shape index (κ3) is 3.47. The van der Waals surface area contributed by atoms with Gasteiger partial charge in [-0.2, -0.15) is 0 Å². The maximum absolute atomic E-state index is 11.8. The number of benzene rings is 1. The zero-order valence-corrected chi connectivity index (χ0v) is 12.9. The van der Waals surface area contributed by atoms with Crippen molar-refractivity contribution in [2.45, 2.75) is 13.0 Å². The molecule has 0 aliphatic rings. The third-order valence-electron chi connectivity index (χ3n) is 2.71. The number of fused-ring (bicyclic) bond motifs is 1. The second kappa shape index (κ2) is 6.80. The molecule has 1 aromatic heterocycles. The van der Waals surface area contributed by atoms with Crippen LogP contribution in [0, 0.1) is 0 Å². The fourth-order valence-electron chi connectivity index (χ4n) is 1.66. The SMILES string of the molecule is COc1oc(=O)c2cc(NC(=O)[C@H](C)N)ccc2c1Cl.Cl. The van der Waals surface area contributed by atoms with E-state index < -0.39 is 11.7 Å². The molecule has 0 spiro atoms. The van der Waals surface area contributed by atoms with Gasteiger partial charge in [-0.05, 0) is 19.1 Å². The summed E-state index contributed by atoms with van der Waals surface area (Å²) in [6, 6.07) is 4.05. The minimum Gasteiger partial charge on any atom is -0.467 e. The predicted molar refractivity (Wildman–Crippen MR) is 83.6 cm³/mol. The number of carbonyl (C=O) groups excluding carboxylic acids is 1. The number of nitrogens with two attached hydrogens (primary N) is 1. The largest absolute Gasteiger partial charge is 0.467 e. The molecular weight excluding hydrogens is 319 g/mol. The molecule has 8 heteroatoms. The number of hydrogen-bond acceptors (Lipinski definition) is 5. The Morgan fingerprint density at radius 2 is 2.10 bits per heavy atom. The Morgan fingerprint density at radius 3 is 2.67 bits per heavy atom. The Balaban J connectivity index is 0.00000220. The van der Waals surface area contributed by atoms with Gasteiger partial charge in [0, 0.05) is 11.1 Å². The quantitative estimate of drug-likeness (QED) is 0.898. The van der Waals surface area contributed by atoms with Crippen molar-refractivity contribution in [2.75, 3.05) is 12.4 Å². The molecule has 0 aliphatic carbocycles. The molecule has 0 radical (unpaired) electrons. The number of carbonyl (C=O) groups is 1. The third-order valence-corrected chi connectivity index (χ3v) is 3.06. The van der Waals surface area contributed by atoms with Gasteiger partial charge in [-0.25, -0.2) is 4.79 Å². The van der Waals surface area contributed by atoms with Crippen LogP contribution in [0.1, 0.15) is 6.92 Å². The second-order valence-electron chi connectivity index (χ2n) is 4.23. The van der Waals surface area contributed by atoms with E-state index in [9.17, 15) is 9.59 Å². The summed E-state index contributed by atoms with van der Waals surface area (Å²) in [6.07, 6.45) is 0. The molecule has 0 bridgehead atoms. The molecule has 2 rings (SSSR count). The smallest absolute Gasteiger partial charge is 0.346 e. The van der Waals surface area contributed by atoms with Gasteiger partial charge in [0.2, 0.25) is 5.91 Å². The highest BCUT2D eigenvalue weighted by molar-refractivity contribution is 6.36.